The van der Waals surface area contributed by atoms with Crippen LogP contribution in [0.1, 0.15) is 5.56 Å². The highest BCUT2D eigenvalue weighted by Crippen LogP contribution is 2.22. The van der Waals surface area contributed by atoms with Crippen molar-refractivity contribution in [1.82, 2.24) is 0 Å². The van der Waals surface area contributed by atoms with Crippen LogP contribution in [0, 0.1) is 0 Å². The molecule has 3 nitrogen and oxygen atoms in total. The van der Waals surface area contributed by atoms with Crippen LogP contribution in [0.4, 0.5) is 13.2 Å². The van der Waals surface area contributed by atoms with E-state index in [0.29, 0.717) is 5.56 Å². The zero-order valence-electron chi connectivity index (χ0n) is 6.95. The molecular formula is C8H7F3N2O. The molecule has 0 saturated carbocycles. The third-order valence-electron chi connectivity index (χ3n) is 1.34. The van der Waals surface area contributed by atoms with Gasteiger partial charge in [0.15, 0.2) is 0 Å². The fourth-order valence-corrected chi connectivity index (χ4v) is 0.842. The number of benzene rings is 1. The zero-order valence-corrected chi connectivity index (χ0v) is 6.95. The van der Waals surface area contributed by atoms with Gasteiger partial charge in [0.2, 0.25) is 0 Å². The standard InChI is InChI=1S/C8H7F3N2O/c9-8(10,11)14-7-3-1-6(2-4-7)5-13-12/h1-5H,12H2. The van der Waals surface area contributed by atoms with Gasteiger partial charge in [-0.05, 0) is 29.8 Å². The number of nitrogens with two attached hydrogens (primary N) is 1. The predicted octanol–water partition coefficient (Wildman–Crippen LogP) is 1.88. The number of halogens is 3. The molecule has 14 heavy (non-hydrogen) atoms. The van der Waals surface area contributed by atoms with Crippen molar-refractivity contribution in [3.63, 3.8) is 0 Å². The molecule has 0 heterocycles. The lowest BCUT2D eigenvalue weighted by Gasteiger charge is -2.08. The fraction of sp³-hybridized carbons (Fsp3) is 0.125. The largest absolute Gasteiger partial charge is 0.573 e. The van der Waals surface area contributed by atoms with Crippen molar-refractivity contribution in [2.75, 3.05) is 0 Å². The Bertz CT molecular complexity index is 318. The van der Waals surface area contributed by atoms with Crippen molar-refractivity contribution >= 4 is 6.21 Å². The summed E-state index contributed by atoms with van der Waals surface area (Å²) in [5.74, 6) is 4.59. The van der Waals surface area contributed by atoms with Crippen LogP contribution in [0.5, 0.6) is 5.75 Å². The molecular weight excluding hydrogens is 197 g/mol. The SMILES string of the molecule is NN=Cc1ccc(OC(F)(F)F)cc1. The maximum Gasteiger partial charge on any atom is 0.573 e. The Balaban J connectivity index is 2.74. The molecule has 0 aliphatic rings. The average Bonchev–Trinajstić information content (AvgIpc) is 2.06. The average molecular weight is 204 g/mol. The topological polar surface area (TPSA) is 47.6 Å². The van der Waals surface area contributed by atoms with Gasteiger partial charge in [-0.15, -0.1) is 13.2 Å². The molecule has 76 valence electrons. The van der Waals surface area contributed by atoms with E-state index in [2.05, 4.69) is 9.84 Å². The number of rotatable bonds is 2. The Hall–Kier alpha value is -1.72. The molecule has 1 aromatic carbocycles. The summed E-state index contributed by atoms with van der Waals surface area (Å²) < 4.78 is 38.8. The molecule has 0 fully saturated rings. The predicted molar refractivity (Wildman–Crippen MR) is 44.9 cm³/mol. The summed E-state index contributed by atoms with van der Waals surface area (Å²) in [4.78, 5) is 0. The van der Waals surface area contributed by atoms with Crippen molar-refractivity contribution in [1.29, 1.82) is 0 Å². The Morgan fingerprint density at radius 2 is 1.79 bits per heavy atom. The van der Waals surface area contributed by atoms with Gasteiger partial charge in [-0.2, -0.15) is 5.10 Å². The van der Waals surface area contributed by atoms with Gasteiger partial charge < -0.3 is 10.6 Å². The third kappa shape index (κ3) is 3.34. The summed E-state index contributed by atoms with van der Waals surface area (Å²) in [5, 5.41) is 3.22. The van der Waals surface area contributed by atoms with E-state index in [4.69, 9.17) is 5.84 Å². The van der Waals surface area contributed by atoms with Crippen molar-refractivity contribution in [3.8, 4) is 5.75 Å². The molecule has 0 aromatic heterocycles. The Morgan fingerprint density at radius 1 is 1.21 bits per heavy atom. The second-order valence-corrected chi connectivity index (χ2v) is 2.40. The summed E-state index contributed by atoms with van der Waals surface area (Å²) in [7, 11) is 0. The van der Waals surface area contributed by atoms with Crippen LogP contribution in [0.15, 0.2) is 29.4 Å². The zero-order chi connectivity index (χ0) is 10.6. The molecule has 0 spiro atoms. The monoisotopic (exact) mass is 204 g/mol. The summed E-state index contributed by atoms with van der Waals surface area (Å²) in [5.41, 5.74) is 0.599. The molecule has 0 saturated heterocycles. The molecule has 1 aromatic rings. The number of nitrogens with zero attached hydrogens (tertiary/aromatic N) is 1. The first-order valence-corrected chi connectivity index (χ1v) is 3.60. The summed E-state index contributed by atoms with van der Waals surface area (Å²) in [6, 6.07) is 5.20. The minimum absolute atomic E-state index is 0.272. The van der Waals surface area contributed by atoms with Gasteiger partial charge in [0, 0.05) is 0 Å². The Morgan fingerprint density at radius 3 is 2.21 bits per heavy atom. The van der Waals surface area contributed by atoms with E-state index >= 15 is 0 Å². The van der Waals surface area contributed by atoms with Crippen LogP contribution in [-0.4, -0.2) is 12.6 Å². The lowest BCUT2D eigenvalue weighted by atomic mass is 10.2. The van der Waals surface area contributed by atoms with Crippen LogP contribution < -0.4 is 10.6 Å². The highest BCUT2D eigenvalue weighted by molar-refractivity contribution is 5.79. The van der Waals surface area contributed by atoms with Gasteiger partial charge >= 0.3 is 6.36 Å². The maximum absolute atomic E-state index is 11.7. The molecule has 2 N–H and O–H groups in total. The highest BCUT2D eigenvalue weighted by Gasteiger charge is 2.30. The number of hydrazone groups is 1. The molecule has 0 radical (unpaired) electrons. The molecule has 1 rings (SSSR count). The molecule has 0 unspecified atom stereocenters. The number of hydrogen-bond acceptors (Lipinski definition) is 3. The summed E-state index contributed by atoms with van der Waals surface area (Å²) in [6.07, 6.45) is -3.35. The van der Waals surface area contributed by atoms with E-state index in [0.717, 1.165) is 0 Å². The fourth-order valence-electron chi connectivity index (χ4n) is 0.842. The second-order valence-electron chi connectivity index (χ2n) is 2.40. The van der Waals surface area contributed by atoms with E-state index in [-0.39, 0.29) is 5.75 Å². The number of ether oxygens (including phenoxy) is 1. The summed E-state index contributed by atoms with van der Waals surface area (Å²) in [6.45, 7) is 0. The normalized spacial score (nSPS) is 11.9. The van der Waals surface area contributed by atoms with Gasteiger partial charge in [0.25, 0.3) is 0 Å². The summed E-state index contributed by atoms with van der Waals surface area (Å²) >= 11 is 0. The second kappa shape index (κ2) is 3.99. The van der Waals surface area contributed by atoms with Crippen molar-refractivity contribution in [2.24, 2.45) is 10.9 Å². The first-order chi connectivity index (χ1) is 6.51. The molecule has 0 bridgehead atoms. The van der Waals surface area contributed by atoms with E-state index in [1.807, 2.05) is 0 Å². The van der Waals surface area contributed by atoms with Crippen LogP contribution >= 0.6 is 0 Å². The van der Waals surface area contributed by atoms with Gasteiger partial charge in [-0.3, -0.25) is 0 Å². The third-order valence-corrected chi connectivity index (χ3v) is 1.34. The van der Waals surface area contributed by atoms with E-state index < -0.39 is 6.36 Å². The van der Waals surface area contributed by atoms with Crippen molar-refractivity contribution < 1.29 is 17.9 Å². The quantitative estimate of drug-likeness (QED) is 0.454. The molecule has 0 aliphatic heterocycles. The van der Waals surface area contributed by atoms with E-state index in [1.165, 1.54) is 30.5 Å². The Labute approximate surface area is 78.0 Å². The Kier molecular flexibility index (Phi) is 2.95. The van der Waals surface area contributed by atoms with Crippen LogP contribution in [0.25, 0.3) is 0 Å². The molecule has 0 aliphatic carbocycles. The van der Waals surface area contributed by atoms with Crippen LogP contribution in [-0.2, 0) is 0 Å². The molecule has 6 heteroatoms. The van der Waals surface area contributed by atoms with Gasteiger partial charge in [-0.25, -0.2) is 0 Å². The van der Waals surface area contributed by atoms with Gasteiger partial charge in [0.05, 0.1) is 6.21 Å². The van der Waals surface area contributed by atoms with Crippen LogP contribution in [0.2, 0.25) is 0 Å². The number of alkyl halides is 3. The molecule has 0 amide bonds. The van der Waals surface area contributed by atoms with Crippen molar-refractivity contribution in [3.05, 3.63) is 29.8 Å². The van der Waals surface area contributed by atoms with E-state index in [9.17, 15) is 13.2 Å². The minimum atomic E-state index is -4.66. The van der Waals surface area contributed by atoms with Crippen LogP contribution in [0.3, 0.4) is 0 Å². The number of hydrogen-bond donors (Lipinski definition) is 1. The van der Waals surface area contributed by atoms with Gasteiger partial charge in [0.1, 0.15) is 5.75 Å². The lowest BCUT2D eigenvalue weighted by molar-refractivity contribution is -0.274. The van der Waals surface area contributed by atoms with Crippen molar-refractivity contribution in [2.45, 2.75) is 6.36 Å². The first-order valence-electron chi connectivity index (χ1n) is 3.60. The molecule has 0 atom stereocenters. The minimum Gasteiger partial charge on any atom is -0.406 e. The van der Waals surface area contributed by atoms with Gasteiger partial charge in [-0.1, -0.05) is 0 Å². The first kappa shape index (κ1) is 10.4. The smallest absolute Gasteiger partial charge is 0.406 e. The maximum atomic E-state index is 11.7. The van der Waals surface area contributed by atoms with E-state index in [1.54, 1.807) is 0 Å². The lowest BCUT2D eigenvalue weighted by Crippen LogP contribution is -2.17. The highest BCUT2D eigenvalue weighted by atomic mass is 19.4.